The Morgan fingerprint density at radius 3 is 2.65 bits per heavy atom. The Morgan fingerprint density at radius 1 is 1.09 bits per heavy atom. The van der Waals surface area contributed by atoms with Crippen molar-refractivity contribution in [1.29, 1.82) is 0 Å². The molecule has 0 spiro atoms. The summed E-state index contributed by atoms with van der Waals surface area (Å²) in [6.07, 6.45) is 8.22. The standard InChI is InChI=1S/C26H21FN6O/c27-19-12-31-24-23(18-10-20(30-13-21(18)33-24)17-2-1-9-29-11-17)22(19)15-3-5-16(6-4-15)25(34)32-14-26(28)7-8-26/h1-6,9-13H,7-8,14,28H2,(H,31,33)(H,32,34). The summed E-state index contributed by atoms with van der Waals surface area (Å²) in [5.41, 5.74) is 10.3. The van der Waals surface area contributed by atoms with E-state index in [0.29, 0.717) is 34.3 Å². The van der Waals surface area contributed by atoms with Crippen LogP contribution in [0.15, 0.2) is 67.3 Å². The van der Waals surface area contributed by atoms with Crippen LogP contribution >= 0.6 is 0 Å². The number of nitrogens with one attached hydrogen (secondary N) is 2. The van der Waals surface area contributed by atoms with E-state index in [4.69, 9.17) is 5.73 Å². The molecule has 6 rings (SSSR count). The fourth-order valence-electron chi connectivity index (χ4n) is 4.17. The van der Waals surface area contributed by atoms with Crippen molar-refractivity contribution in [1.82, 2.24) is 25.3 Å². The zero-order valence-electron chi connectivity index (χ0n) is 18.2. The Labute approximate surface area is 194 Å². The molecule has 5 aromatic rings. The van der Waals surface area contributed by atoms with E-state index in [-0.39, 0.29) is 11.4 Å². The minimum Gasteiger partial charge on any atom is -0.350 e. The number of nitrogens with two attached hydrogens (primary N) is 1. The van der Waals surface area contributed by atoms with Crippen molar-refractivity contribution in [3.63, 3.8) is 0 Å². The van der Waals surface area contributed by atoms with E-state index in [2.05, 4.69) is 25.3 Å². The highest BCUT2D eigenvalue weighted by Crippen LogP contribution is 2.36. The van der Waals surface area contributed by atoms with Gasteiger partial charge in [-0.25, -0.2) is 9.37 Å². The third kappa shape index (κ3) is 3.58. The van der Waals surface area contributed by atoms with Gasteiger partial charge in [0.05, 0.1) is 23.6 Å². The monoisotopic (exact) mass is 452 g/mol. The van der Waals surface area contributed by atoms with Crippen molar-refractivity contribution in [2.45, 2.75) is 18.4 Å². The molecule has 1 aliphatic carbocycles. The molecule has 34 heavy (non-hydrogen) atoms. The number of carbonyl (C=O) groups is 1. The topological polar surface area (TPSA) is 110 Å². The van der Waals surface area contributed by atoms with Gasteiger partial charge in [0.25, 0.3) is 5.91 Å². The molecular formula is C26H21FN6O. The largest absolute Gasteiger partial charge is 0.350 e. The van der Waals surface area contributed by atoms with E-state index < -0.39 is 5.82 Å². The molecule has 1 amide bonds. The van der Waals surface area contributed by atoms with Crippen molar-refractivity contribution in [2.24, 2.45) is 5.73 Å². The van der Waals surface area contributed by atoms with Gasteiger partial charge in [0.1, 0.15) is 11.5 Å². The van der Waals surface area contributed by atoms with Gasteiger partial charge in [0.15, 0.2) is 0 Å². The van der Waals surface area contributed by atoms with E-state index in [1.165, 1.54) is 6.20 Å². The summed E-state index contributed by atoms with van der Waals surface area (Å²) in [6, 6.07) is 12.6. The molecule has 0 radical (unpaired) electrons. The number of hydrogen-bond donors (Lipinski definition) is 3. The first-order valence-electron chi connectivity index (χ1n) is 11.0. The lowest BCUT2D eigenvalue weighted by atomic mass is 9.99. The predicted octanol–water partition coefficient (Wildman–Crippen LogP) is 4.20. The third-order valence-corrected chi connectivity index (χ3v) is 6.35. The molecule has 1 aromatic carbocycles. The molecule has 1 fully saturated rings. The maximum Gasteiger partial charge on any atom is 0.251 e. The molecular weight excluding hydrogens is 431 g/mol. The maximum atomic E-state index is 15.2. The average Bonchev–Trinajstić information content (AvgIpc) is 3.50. The second-order valence-electron chi connectivity index (χ2n) is 8.81. The van der Waals surface area contributed by atoms with Crippen LogP contribution in [0.1, 0.15) is 23.2 Å². The number of aromatic amines is 1. The number of amides is 1. The summed E-state index contributed by atoms with van der Waals surface area (Å²) in [5, 5.41) is 4.35. The van der Waals surface area contributed by atoms with Crippen molar-refractivity contribution in [3.05, 3.63) is 78.6 Å². The van der Waals surface area contributed by atoms with Crippen molar-refractivity contribution < 1.29 is 9.18 Å². The number of rotatable bonds is 5. The van der Waals surface area contributed by atoms with Crippen LogP contribution in [0, 0.1) is 5.82 Å². The molecule has 4 N–H and O–H groups in total. The maximum absolute atomic E-state index is 15.2. The number of carbonyl (C=O) groups excluding carboxylic acids is 1. The second kappa shape index (κ2) is 7.71. The number of hydrogen-bond acceptors (Lipinski definition) is 5. The summed E-state index contributed by atoms with van der Waals surface area (Å²) < 4.78 is 15.2. The Balaban J connectivity index is 1.42. The molecule has 4 aromatic heterocycles. The minimum absolute atomic E-state index is 0.192. The van der Waals surface area contributed by atoms with Gasteiger partial charge in [-0.05, 0) is 48.7 Å². The summed E-state index contributed by atoms with van der Waals surface area (Å²) in [6.45, 7) is 0.454. The Hall–Kier alpha value is -4.17. The number of H-pyrrole nitrogens is 1. The number of fused-ring (bicyclic) bond motifs is 3. The highest BCUT2D eigenvalue weighted by molar-refractivity contribution is 6.13. The summed E-state index contributed by atoms with van der Waals surface area (Å²) >= 11 is 0. The van der Waals surface area contributed by atoms with Gasteiger partial charge >= 0.3 is 0 Å². The van der Waals surface area contributed by atoms with Gasteiger partial charge in [0, 0.05) is 51.9 Å². The van der Waals surface area contributed by atoms with Crippen molar-refractivity contribution >= 4 is 27.8 Å². The van der Waals surface area contributed by atoms with Crippen LogP contribution in [0.4, 0.5) is 4.39 Å². The minimum atomic E-state index is -0.441. The van der Waals surface area contributed by atoms with Gasteiger partial charge in [-0.2, -0.15) is 0 Å². The van der Waals surface area contributed by atoms with Crippen LogP contribution in [0.5, 0.6) is 0 Å². The molecule has 0 bridgehead atoms. The lowest BCUT2D eigenvalue weighted by Gasteiger charge is -2.11. The number of pyridine rings is 3. The zero-order valence-corrected chi connectivity index (χ0v) is 18.2. The number of aromatic nitrogens is 4. The molecule has 0 aliphatic heterocycles. The molecule has 168 valence electrons. The smallest absolute Gasteiger partial charge is 0.251 e. The highest BCUT2D eigenvalue weighted by Gasteiger charge is 2.38. The van der Waals surface area contributed by atoms with Crippen LogP contribution < -0.4 is 11.1 Å². The van der Waals surface area contributed by atoms with Crippen LogP contribution in [0.3, 0.4) is 0 Å². The van der Waals surface area contributed by atoms with Gasteiger partial charge in [-0.3, -0.25) is 14.8 Å². The molecule has 1 aliphatic rings. The first-order valence-corrected chi connectivity index (χ1v) is 11.0. The molecule has 0 unspecified atom stereocenters. The molecule has 1 saturated carbocycles. The molecule has 7 nitrogen and oxygen atoms in total. The first kappa shape index (κ1) is 20.4. The van der Waals surface area contributed by atoms with Crippen LogP contribution in [0.2, 0.25) is 0 Å². The van der Waals surface area contributed by atoms with Gasteiger partial charge < -0.3 is 16.0 Å². The van der Waals surface area contributed by atoms with E-state index in [9.17, 15) is 4.79 Å². The Bertz CT molecular complexity index is 1540. The van der Waals surface area contributed by atoms with Crippen LogP contribution in [0.25, 0.3) is 44.3 Å². The fraction of sp³-hybridized carbons (Fsp3) is 0.154. The zero-order chi connectivity index (χ0) is 23.3. The Kier molecular flexibility index (Phi) is 4.63. The third-order valence-electron chi connectivity index (χ3n) is 6.35. The first-order chi connectivity index (χ1) is 16.5. The Morgan fingerprint density at radius 2 is 1.91 bits per heavy atom. The van der Waals surface area contributed by atoms with Crippen LogP contribution in [-0.2, 0) is 0 Å². The lowest BCUT2D eigenvalue weighted by Crippen LogP contribution is -2.38. The van der Waals surface area contributed by atoms with Gasteiger partial charge in [0.2, 0.25) is 0 Å². The van der Waals surface area contributed by atoms with Crippen LogP contribution in [-0.4, -0.2) is 37.9 Å². The molecule has 0 saturated heterocycles. The number of nitrogens with zero attached hydrogens (tertiary/aromatic N) is 3. The van der Waals surface area contributed by atoms with E-state index in [1.54, 1.807) is 42.9 Å². The average molecular weight is 452 g/mol. The molecule has 0 atom stereocenters. The van der Waals surface area contributed by atoms with Gasteiger partial charge in [-0.1, -0.05) is 12.1 Å². The second-order valence-corrected chi connectivity index (χ2v) is 8.81. The van der Waals surface area contributed by atoms with Crippen molar-refractivity contribution in [3.8, 4) is 22.4 Å². The fourth-order valence-corrected chi connectivity index (χ4v) is 4.17. The lowest BCUT2D eigenvalue weighted by molar-refractivity contribution is 0.0950. The summed E-state index contributed by atoms with van der Waals surface area (Å²) in [4.78, 5) is 28.7. The normalized spacial score (nSPS) is 14.4. The molecule has 4 heterocycles. The summed E-state index contributed by atoms with van der Waals surface area (Å²) in [7, 11) is 0. The van der Waals surface area contributed by atoms with E-state index in [1.807, 2.05) is 18.2 Å². The van der Waals surface area contributed by atoms with E-state index in [0.717, 1.165) is 35.0 Å². The molecule has 8 heteroatoms. The highest BCUT2D eigenvalue weighted by atomic mass is 19.1. The predicted molar refractivity (Wildman–Crippen MR) is 129 cm³/mol. The van der Waals surface area contributed by atoms with Crippen molar-refractivity contribution in [2.75, 3.05) is 6.54 Å². The number of halogens is 1. The SMILES string of the molecule is NC1(CNC(=O)c2ccc(-c3c(F)cnc4[nH]c5cnc(-c6cccnc6)cc5c34)cc2)CC1. The number of benzene rings is 1. The quantitative estimate of drug-likeness (QED) is 0.370. The van der Waals surface area contributed by atoms with E-state index >= 15 is 4.39 Å². The van der Waals surface area contributed by atoms with Gasteiger partial charge in [-0.15, -0.1) is 0 Å². The summed E-state index contributed by atoms with van der Waals surface area (Å²) in [5.74, 6) is -0.632.